The Hall–Kier alpha value is -1.08. The van der Waals surface area contributed by atoms with Crippen LogP contribution in [0.2, 0.25) is 0 Å². The molecule has 118 valence electrons. The van der Waals surface area contributed by atoms with Crippen LogP contribution < -0.4 is 5.32 Å². The Morgan fingerprint density at radius 1 is 1.30 bits per heavy atom. The van der Waals surface area contributed by atoms with E-state index in [-0.39, 0.29) is 18.6 Å². The number of rotatable bonds is 6. The maximum absolute atomic E-state index is 11.7. The standard InChI is InChI=1S/C13H25NO5S/c1-10(2)11(8-7-9-18-20(6,16)17)14-12(15)19-13(3,4)5/h7-8,10-11H,9H2,1-6H3,(H,14,15)/b8-7-/t11-/m1/s1. The first kappa shape index (κ1) is 18.9. The Morgan fingerprint density at radius 3 is 2.25 bits per heavy atom. The van der Waals surface area contributed by atoms with Crippen molar-refractivity contribution in [3.63, 3.8) is 0 Å². The highest BCUT2D eigenvalue weighted by Crippen LogP contribution is 2.09. The molecule has 1 amide bonds. The minimum Gasteiger partial charge on any atom is -0.444 e. The van der Waals surface area contributed by atoms with E-state index in [9.17, 15) is 13.2 Å². The lowest BCUT2D eigenvalue weighted by Gasteiger charge is -2.24. The largest absolute Gasteiger partial charge is 0.444 e. The number of alkyl carbamates (subject to hydrolysis) is 1. The zero-order valence-corrected chi connectivity index (χ0v) is 13.8. The van der Waals surface area contributed by atoms with Gasteiger partial charge in [-0.2, -0.15) is 8.42 Å². The van der Waals surface area contributed by atoms with Crippen LogP contribution in [-0.2, 0) is 19.0 Å². The Bertz CT molecular complexity index is 434. The molecule has 0 unspecified atom stereocenters. The predicted octanol–water partition coefficient (Wildman–Crippen LogP) is 2.07. The van der Waals surface area contributed by atoms with Crippen LogP contribution in [0.25, 0.3) is 0 Å². The highest BCUT2D eigenvalue weighted by Gasteiger charge is 2.19. The van der Waals surface area contributed by atoms with Gasteiger partial charge in [-0.1, -0.05) is 26.0 Å². The molecule has 7 heteroatoms. The van der Waals surface area contributed by atoms with E-state index in [0.29, 0.717) is 0 Å². The Morgan fingerprint density at radius 2 is 1.85 bits per heavy atom. The summed E-state index contributed by atoms with van der Waals surface area (Å²) in [6, 6.07) is -0.256. The molecule has 0 heterocycles. The first-order valence-electron chi connectivity index (χ1n) is 6.41. The van der Waals surface area contributed by atoms with Crippen LogP contribution in [0.1, 0.15) is 34.6 Å². The Balaban J connectivity index is 4.44. The number of hydrogen-bond donors (Lipinski definition) is 1. The summed E-state index contributed by atoms with van der Waals surface area (Å²) < 4.78 is 31.4. The second-order valence-electron chi connectivity index (χ2n) is 5.83. The van der Waals surface area contributed by atoms with Crippen LogP contribution in [0, 0.1) is 5.92 Å². The fourth-order valence-electron chi connectivity index (χ4n) is 1.25. The lowest BCUT2D eigenvalue weighted by molar-refractivity contribution is 0.0504. The van der Waals surface area contributed by atoms with Crippen LogP contribution in [0.15, 0.2) is 12.2 Å². The van der Waals surface area contributed by atoms with Gasteiger partial charge in [0, 0.05) is 0 Å². The van der Waals surface area contributed by atoms with E-state index >= 15 is 0 Å². The minimum absolute atomic E-state index is 0.0575. The highest BCUT2D eigenvalue weighted by atomic mass is 32.2. The van der Waals surface area contributed by atoms with Gasteiger partial charge in [-0.25, -0.2) is 4.79 Å². The summed E-state index contributed by atoms with van der Waals surface area (Å²) in [6.07, 6.45) is 3.73. The molecule has 0 aromatic heterocycles. The fraction of sp³-hybridized carbons (Fsp3) is 0.769. The maximum Gasteiger partial charge on any atom is 0.408 e. The number of amides is 1. The normalized spacial score (nSPS) is 14.6. The summed E-state index contributed by atoms with van der Waals surface area (Å²) in [5.41, 5.74) is -0.561. The molecule has 0 spiro atoms. The van der Waals surface area contributed by atoms with E-state index in [1.165, 1.54) is 0 Å². The van der Waals surface area contributed by atoms with Crippen molar-refractivity contribution in [1.82, 2.24) is 5.32 Å². The molecule has 0 rings (SSSR count). The SMILES string of the molecule is CC(C)[C@@H](/C=C\COS(C)(=O)=O)NC(=O)OC(C)(C)C. The average Bonchev–Trinajstić information content (AvgIpc) is 2.17. The van der Waals surface area contributed by atoms with Gasteiger partial charge in [0.05, 0.1) is 18.9 Å². The van der Waals surface area contributed by atoms with Gasteiger partial charge in [-0.3, -0.25) is 4.18 Å². The first-order chi connectivity index (χ1) is 8.91. The van der Waals surface area contributed by atoms with Crippen molar-refractivity contribution in [3.8, 4) is 0 Å². The Labute approximate surface area is 121 Å². The molecule has 0 aliphatic rings. The third-order valence-electron chi connectivity index (χ3n) is 2.12. The van der Waals surface area contributed by atoms with Gasteiger partial charge in [-0.15, -0.1) is 0 Å². The van der Waals surface area contributed by atoms with Gasteiger partial charge in [0.25, 0.3) is 10.1 Å². The van der Waals surface area contributed by atoms with Crippen molar-refractivity contribution in [2.24, 2.45) is 5.92 Å². The van der Waals surface area contributed by atoms with Crippen molar-refractivity contribution in [1.29, 1.82) is 0 Å². The van der Waals surface area contributed by atoms with Gasteiger partial charge in [-0.05, 0) is 26.7 Å². The second-order valence-corrected chi connectivity index (χ2v) is 7.48. The predicted molar refractivity (Wildman–Crippen MR) is 77.9 cm³/mol. The van der Waals surface area contributed by atoms with E-state index < -0.39 is 21.8 Å². The number of carbonyl (C=O) groups excluding carboxylic acids is 1. The van der Waals surface area contributed by atoms with Crippen LogP contribution in [-0.4, -0.2) is 39.0 Å². The third-order valence-corrected chi connectivity index (χ3v) is 2.69. The smallest absolute Gasteiger partial charge is 0.408 e. The van der Waals surface area contributed by atoms with Crippen molar-refractivity contribution >= 4 is 16.2 Å². The van der Waals surface area contributed by atoms with Gasteiger partial charge in [0.15, 0.2) is 0 Å². The van der Waals surface area contributed by atoms with Crippen LogP contribution >= 0.6 is 0 Å². The van der Waals surface area contributed by atoms with E-state index in [4.69, 9.17) is 4.74 Å². The maximum atomic E-state index is 11.7. The summed E-state index contributed by atoms with van der Waals surface area (Å²) >= 11 is 0. The fourth-order valence-corrected chi connectivity index (χ4v) is 1.57. The van der Waals surface area contributed by atoms with Crippen LogP contribution in [0.3, 0.4) is 0 Å². The van der Waals surface area contributed by atoms with Gasteiger partial charge in [0.1, 0.15) is 5.60 Å². The van der Waals surface area contributed by atoms with Gasteiger partial charge < -0.3 is 10.1 Å². The molecule has 0 aliphatic heterocycles. The summed E-state index contributed by atoms with van der Waals surface area (Å²) in [7, 11) is -3.45. The number of ether oxygens (including phenoxy) is 1. The zero-order chi connectivity index (χ0) is 16.0. The Kier molecular flexibility index (Phi) is 7.22. The summed E-state index contributed by atoms with van der Waals surface area (Å²) in [5, 5.41) is 2.72. The molecule has 0 bridgehead atoms. The molecule has 0 saturated carbocycles. The molecule has 0 aliphatic carbocycles. The van der Waals surface area contributed by atoms with Crippen molar-refractivity contribution < 1.29 is 22.1 Å². The molecule has 6 nitrogen and oxygen atoms in total. The lowest BCUT2D eigenvalue weighted by Crippen LogP contribution is -2.40. The van der Waals surface area contributed by atoms with E-state index in [1.54, 1.807) is 32.9 Å². The summed E-state index contributed by atoms with van der Waals surface area (Å²) in [5.74, 6) is 0.136. The second kappa shape index (κ2) is 7.64. The first-order valence-corrected chi connectivity index (χ1v) is 8.23. The topological polar surface area (TPSA) is 81.7 Å². The van der Waals surface area contributed by atoms with E-state index in [0.717, 1.165) is 6.26 Å². The molecule has 1 atom stereocenters. The molecular formula is C13H25NO5S. The van der Waals surface area contributed by atoms with Crippen molar-refractivity contribution in [3.05, 3.63) is 12.2 Å². The van der Waals surface area contributed by atoms with Gasteiger partial charge in [0.2, 0.25) is 0 Å². The van der Waals surface area contributed by atoms with Crippen molar-refractivity contribution in [2.45, 2.75) is 46.3 Å². The van der Waals surface area contributed by atoms with E-state index in [1.807, 2.05) is 13.8 Å². The molecule has 0 aromatic rings. The summed E-state index contributed by atoms with van der Waals surface area (Å²) in [4.78, 5) is 11.7. The number of hydrogen-bond acceptors (Lipinski definition) is 5. The monoisotopic (exact) mass is 307 g/mol. The highest BCUT2D eigenvalue weighted by molar-refractivity contribution is 7.85. The quantitative estimate of drug-likeness (QED) is 0.600. The molecule has 0 saturated heterocycles. The number of carbonyl (C=O) groups is 1. The zero-order valence-electron chi connectivity index (χ0n) is 13.0. The van der Waals surface area contributed by atoms with Crippen molar-refractivity contribution in [2.75, 3.05) is 12.9 Å². The average molecular weight is 307 g/mol. The molecule has 0 radical (unpaired) electrons. The van der Waals surface area contributed by atoms with E-state index in [2.05, 4.69) is 9.50 Å². The molecule has 1 N–H and O–H groups in total. The molecule has 0 fully saturated rings. The molecule has 20 heavy (non-hydrogen) atoms. The summed E-state index contributed by atoms with van der Waals surface area (Å²) in [6.45, 7) is 9.16. The molecule has 0 aromatic carbocycles. The van der Waals surface area contributed by atoms with Crippen LogP contribution in [0.4, 0.5) is 4.79 Å². The number of nitrogens with one attached hydrogen (secondary N) is 1. The third kappa shape index (κ3) is 10.8. The van der Waals surface area contributed by atoms with Crippen LogP contribution in [0.5, 0.6) is 0 Å². The minimum atomic E-state index is -3.45. The molecular weight excluding hydrogens is 282 g/mol. The van der Waals surface area contributed by atoms with Gasteiger partial charge >= 0.3 is 6.09 Å². The lowest BCUT2D eigenvalue weighted by atomic mass is 10.0.